The lowest BCUT2D eigenvalue weighted by Crippen LogP contribution is -2.34. The highest BCUT2D eigenvalue weighted by Gasteiger charge is 2.16. The zero-order valence-corrected chi connectivity index (χ0v) is 11.4. The smallest absolute Gasteiger partial charge is 0.169 e. The number of para-hydroxylation sites is 3. The molecule has 3 rings (SSSR count). The fourth-order valence-corrected chi connectivity index (χ4v) is 2.34. The molecule has 3 nitrogen and oxygen atoms in total. The van der Waals surface area contributed by atoms with Crippen LogP contribution in [0.2, 0.25) is 0 Å². The van der Waals surface area contributed by atoms with E-state index in [4.69, 9.17) is 9.47 Å². The molecule has 0 aliphatic carbocycles. The molecule has 0 saturated carbocycles. The molecule has 1 heterocycles. The molecule has 3 heteroatoms. The van der Waals surface area contributed by atoms with Crippen LogP contribution in [-0.4, -0.2) is 19.2 Å². The molecule has 0 radical (unpaired) electrons. The van der Waals surface area contributed by atoms with Gasteiger partial charge in [-0.15, -0.1) is 0 Å². The van der Waals surface area contributed by atoms with Gasteiger partial charge in [-0.3, -0.25) is 0 Å². The summed E-state index contributed by atoms with van der Waals surface area (Å²) in [5.41, 5.74) is 0. The van der Waals surface area contributed by atoms with Gasteiger partial charge in [0.25, 0.3) is 0 Å². The van der Waals surface area contributed by atoms with Crippen molar-refractivity contribution in [3.05, 3.63) is 54.6 Å². The molecule has 0 atom stereocenters. The van der Waals surface area contributed by atoms with E-state index in [0.717, 1.165) is 43.2 Å². The summed E-state index contributed by atoms with van der Waals surface area (Å²) in [6, 6.07) is 17.7. The van der Waals surface area contributed by atoms with Gasteiger partial charge in [0.05, 0.1) is 0 Å². The Kier molecular flexibility index (Phi) is 4.19. The second-order valence-electron chi connectivity index (χ2n) is 4.93. The highest BCUT2D eigenvalue weighted by atomic mass is 16.5. The van der Waals surface area contributed by atoms with Crippen molar-refractivity contribution in [2.75, 3.05) is 13.1 Å². The van der Waals surface area contributed by atoms with Crippen LogP contribution in [0, 0.1) is 0 Å². The molecular weight excluding hydrogens is 250 g/mol. The molecule has 0 amide bonds. The summed E-state index contributed by atoms with van der Waals surface area (Å²) < 4.78 is 12.0. The highest BCUT2D eigenvalue weighted by Crippen LogP contribution is 2.32. The van der Waals surface area contributed by atoms with Crippen molar-refractivity contribution in [3.63, 3.8) is 0 Å². The van der Waals surface area contributed by atoms with Gasteiger partial charge in [0.1, 0.15) is 11.9 Å². The lowest BCUT2D eigenvalue weighted by molar-refractivity contribution is 0.158. The Bertz CT molecular complexity index is 536. The molecule has 0 unspecified atom stereocenters. The van der Waals surface area contributed by atoms with Crippen LogP contribution in [-0.2, 0) is 0 Å². The van der Waals surface area contributed by atoms with Gasteiger partial charge >= 0.3 is 0 Å². The molecule has 20 heavy (non-hydrogen) atoms. The largest absolute Gasteiger partial charge is 0.486 e. The lowest BCUT2D eigenvalue weighted by atomic mass is 10.1. The first kappa shape index (κ1) is 13.0. The molecule has 1 N–H and O–H groups in total. The normalized spacial score (nSPS) is 15.8. The Hall–Kier alpha value is -2.00. The van der Waals surface area contributed by atoms with Crippen LogP contribution < -0.4 is 14.8 Å². The molecule has 1 aliphatic heterocycles. The molecule has 2 aromatic carbocycles. The van der Waals surface area contributed by atoms with Gasteiger partial charge in [-0.2, -0.15) is 0 Å². The predicted molar refractivity (Wildman–Crippen MR) is 79.5 cm³/mol. The quantitative estimate of drug-likeness (QED) is 0.919. The van der Waals surface area contributed by atoms with Crippen LogP contribution in [0.1, 0.15) is 12.8 Å². The zero-order chi connectivity index (χ0) is 13.6. The number of nitrogens with one attached hydrogen (secondary N) is 1. The van der Waals surface area contributed by atoms with Gasteiger partial charge in [-0.05, 0) is 50.2 Å². The maximum Gasteiger partial charge on any atom is 0.169 e. The molecule has 0 spiro atoms. The number of hydrogen-bond donors (Lipinski definition) is 1. The van der Waals surface area contributed by atoms with E-state index >= 15 is 0 Å². The Morgan fingerprint density at radius 1 is 0.800 bits per heavy atom. The van der Waals surface area contributed by atoms with E-state index in [0.29, 0.717) is 0 Å². The van der Waals surface area contributed by atoms with E-state index in [2.05, 4.69) is 5.32 Å². The summed E-state index contributed by atoms with van der Waals surface area (Å²) >= 11 is 0. The van der Waals surface area contributed by atoms with Crippen LogP contribution in [0.3, 0.4) is 0 Å². The Balaban J connectivity index is 1.74. The van der Waals surface area contributed by atoms with Gasteiger partial charge in [0.15, 0.2) is 11.5 Å². The van der Waals surface area contributed by atoms with Crippen molar-refractivity contribution >= 4 is 0 Å². The van der Waals surface area contributed by atoms with Gasteiger partial charge in [-0.1, -0.05) is 30.3 Å². The molecular formula is C17H19NO2. The monoisotopic (exact) mass is 269 g/mol. The second-order valence-corrected chi connectivity index (χ2v) is 4.93. The third kappa shape index (κ3) is 3.31. The Morgan fingerprint density at radius 3 is 2.20 bits per heavy atom. The molecule has 104 valence electrons. The topological polar surface area (TPSA) is 30.5 Å². The van der Waals surface area contributed by atoms with Crippen molar-refractivity contribution in [3.8, 4) is 17.2 Å². The molecule has 2 aromatic rings. The third-order valence-corrected chi connectivity index (χ3v) is 3.40. The average Bonchev–Trinajstić information content (AvgIpc) is 2.51. The molecule has 0 bridgehead atoms. The Morgan fingerprint density at radius 2 is 1.45 bits per heavy atom. The highest BCUT2D eigenvalue weighted by molar-refractivity contribution is 5.42. The van der Waals surface area contributed by atoms with E-state index in [1.165, 1.54) is 0 Å². The summed E-state index contributed by atoms with van der Waals surface area (Å²) in [6.07, 6.45) is 2.36. The first-order chi connectivity index (χ1) is 9.92. The maximum absolute atomic E-state index is 6.09. The molecule has 0 aromatic heterocycles. The van der Waals surface area contributed by atoms with Gasteiger partial charge in [0, 0.05) is 0 Å². The molecule has 1 saturated heterocycles. The first-order valence-electron chi connectivity index (χ1n) is 7.11. The van der Waals surface area contributed by atoms with Crippen molar-refractivity contribution in [1.29, 1.82) is 0 Å². The predicted octanol–water partition coefficient (Wildman–Crippen LogP) is 3.61. The van der Waals surface area contributed by atoms with Crippen LogP contribution in [0.25, 0.3) is 0 Å². The fraction of sp³-hybridized carbons (Fsp3) is 0.294. The van der Waals surface area contributed by atoms with Crippen molar-refractivity contribution in [2.45, 2.75) is 18.9 Å². The number of hydrogen-bond acceptors (Lipinski definition) is 3. The SMILES string of the molecule is c1ccc(Oc2ccccc2OC2CCNCC2)cc1. The van der Waals surface area contributed by atoms with Crippen molar-refractivity contribution < 1.29 is 9.47 Å². The van der Waals surface area contributed by atoms with E-state index in [1.807, 2.05) is 54.6 Å². The average molecular weight is 269 g/mol. The minimum absolute atomic E-state index is 0.275. The van der Waals surface area contributed by atoms with Crippen molar-refractivity contribution in [2.24, 2.45) is 0 Å². The summed E-state index contributed by atoms with van der Waals surface area (Å²) in [5.74, 6) is 2.43. The van der Waals surface area contributed by atoms with E-state index in [-0.39, 0.29) is 6.10 Å². The number of rotatable bonds is 4. The first-order valence-corrected chi connectivity index (χ1v) is 7.11. The van der Waals surface area contributed by atoms with Crippen LogP contribution in [0.5, 0.6) is 17.2 Å². The number of ether oxygens (including phenoxy) is 2. The standard InChI is InChI=1S/C17H19NO2/c1-2-6-14(7-3-1)19-16-8-4-5-9-17(16)20-15-10-12-18-13-11-15/h1-9,15,18H,10-13H2. The maximum atomic E-state index is 6.09. The van der Waals surface area contributed by atoms with E-state index in [1.54, 1.807) is 0 Å². The van der Waals surface area contributed by atoms with Gasteiger partial charge < -0.3 is 14.8 Å². The zero-order valence-electron chi connectivity index (χ0n) is 11.4. The lowest BCUT2D eigenvalue weighted by Gasteiger charge is -2.24. The second kappa shape index (κ2) is 6.44. The van der Waals surface area contributed by atoms with E-state index < -0.39 is 0 Å². The van der Waals surface area contributed by atoms with Gasteiger partial charge in [-0.25, -0.2) is 0 Å². The summed E-state index contributed by atoms with van der Waals surface area (Å²) in [6.45, 7) is 2.04. The summed E-state index contributed by atoms with van der Waals surface area (Å²) in [4.78, 5) is 0. The van der Waals surface area contributed by atoms with Crippen LogP contribution in [0.15, 0.2) is 54.6 Å². The summed E-state index contributed by atoms with van der Waals surface area (Å²) in [7, 11) is 0. The summed E-state index contributed by atoms with van der Waals surface area (Å²) in [5, 5.41) is 3.34. The number of piperidine rings is 1. The minimum atomic E-state index is 0.275. The molecule has 1 fully saturated rings. The minimum Gasteiger partial charge on any atom is -0.486 e. The number of benzene rings is 2. The van der Waals surface area contributed by atoms with Crippen LogP contribution >= 0.6 is 0 Å². The fourth-order valence-electron chi connectivity index (χ4n) is 2.34. The van der Waals surface area contributed by atoms with Gasteiger partial charge in [0.2, 0.25) is 0 Å². The molecule has 1 aliphatic rings. The van der Waals surface area contributed by atoms with Crippen molar-refractivity contribution in [1.82, 2.24) is 5.32 Å². The third-order valence-electron chi connectivity index (χ3n) is 3.40. The van der Waals surface area contributed by atoms with E-state index in [9.17, 15) is 0 Å². The van der Waals surface area contributed by atoms with Crippen LogP contribution in [0.4, 0.5) is 0 Å². The Labute approximate surface area is 119 Å².